The molecule has 0 fully saturated rings. The van der Waals surface area contributed by atoms with E-state index < -0.39 is 0 Å². The highest BCUT2D eigenvalue weighted by molar-refractivity contribution is 5.92. The van der Waals surface area contributed by atoms with E-state index in [0.717, 1.165) is 47.7 Å². The minimum atomic E-state index is -0.211. The number of methoxy groups -OCH3 is 1. The van der Waals surface area contributed by atoms with Crippen LogP contribution in [0.3, 0.4) is 0 Å². The molecule has 1 aliphatic rings. The summed E-state index contributed by atoms with van der Waals surface area (Å²) in [6.07, 6.45) is 7.76. The molecular weight excluding hydrogens is 342 g/mol. The average molecular weight is 363 g/mol. The fourth-order valence-corrected chi connectivity index (χ4v) is 3.39. The van der Waals surface area contributed by atoms with Gasteiger partial charge in [0.1, 0.15) is 11.4 Å². The molecule has 7 heteroatoms. The van der Waals surface area contributed by atoms with Gasteiger partial charge in [0.15, 0.2) is 0 Å². The van der Waals surface area contributed by atoms with Gasteiger partial charge in [-0.25, -0.2) is 9.67 Å². The molecule has 0 spiro atoms. The fourth-order valence-electron chi connectivity index (χ4n) is 3.39. The summed E-state index contributed by atoms with van der Waals surface area (Å²) in [5.41, 5.74) is 4.29. The third kappa shape index (κ3) is 3.40. The number of carbonyl (C=O) groups is 1. The maximum atomic E-state index is 12.5. The van der Waals surface area contributed by atoms with Crippen molar-refractivity contribution in [1.29, 1.82) is 0 Å². The van der Waals surface area contributed by atoms with Crippen LogP contribution >= 0.6 is 0 Å². The van der Waals surface area contributed by atoms with Gasteiger partial charge >= 0.3 is 0 Å². The smallest absolute Gasteiger partial charge is 0.271 e. The molecule has 7 nitrogen and oxygen atoms in total. The van der Waals surface area contributed by atoms with Gasteiger partial charge in [0, 0.05) is 17.5 Å². The van der Waals surface area contributed by atoms with E-state index in [4.69, 9.17) is 4.74 Å². The van der Waals surface area contributed by atoms with Crippen LogP contribution in [0.25, 0.3) is 5.69 Å². The third-order valence-electron chi connectivity index (χ3n) is 4.82. The molecule has 3 aromatic rings. The minimum absolute atomic E-state index is 0.0728. The van der Waals surface area contributed by atoms with Gasteiger partial charge in [0.05, 0.1) is 36.9 Å². The molecule has 0 saturated heterocycles. The summed E-state index contributed by atoms with van der Waals surface area (Å²) in [5, 5.41) is 7.64. The van der Waals surface area contributed by atoms with Crippen LogP contribution in [0.5, 0.6) is 5.75 Å². The van der Waals surface area contributed by atoms with Crippen molar-refractivity contribution in [3.63, 3.8) is 0 Å². The molecule has 27 heavy (non-hydrogen) atoms. The molecule has 2 aromatic heterocycles. The topological polar surface area (TPSA) is 81.9 Å². The number of carbonyl (C=O) groups excluding carboxylic acids is 1. The van der Waals surface area contributed by atoms with Crippen molar-refractivity contribution >= 4 is 5.91 Å². The molecule has 138 valence electrons. The second kappa shape index (κ2) is 7.19. The number of aryl methyl sites for hydroxylation is 1. The van der Waals surface area contributed by atoms with Crippen molar-refractivity contribution in [2.75, 3.05) is 7.11 Å². The highest BCUT2D eigenvalue weighted by atomic mass is 16.5. The number of benzene rings is 1. The summed E-state index contributed by atoms with van der Waals surface area (Å²) >= 11 is 0. The molecular formula is C20H21N5O2. The first-order valence-electron chi connectivity index (χ1n) is 8.96. The Kier molecular flexibility index (Phi) is 4.58. The Morgan fingerprint density at radius 1 is 1.19 bits per heavy atom. The first-order chi connectivity index (χ1) is 13.2. The van der Waals surface area contributed by atoms with Crippen molar-refractivity contribution in [3.8, 4) is 11.4 Å². The van der Waals surface area contributed by atoms with E-state index in [9.17, 15) is 4.79 Å². The second-order valence-corrected chi connectivity index (χ2v) is 6.62. The lowest BCUT2D eigenvalue weighted by Crippen LogP contribution is -2.31. The summed E-state index contributed by atoms with van der Waals surface area (Å²) in [4.78, 5) is 20.8. The van der Waals surface area contributed by atoms with E-state index in [2.05, 4.69) is 20.4 Å². The van der Waals surface area contributed by atoms with Crippen LogP contribution in [0.2, 0.25) is 0 Å². The molecule has 1 aliphatic carbocycles. The molecule has 1 atom stereocenters. The minimum Gasteiger partial charge on any atom is -0.497 e. The maximum Gasteiger partial charge on any atom is 0.271 e. The number of hydrogen-bond donors (Lipinski definition) is 1. The number of ether oxygens (including phenoxy) is 1. The Morgan fingerprint density at radius 3 is 2.70 bits per heavy atom. The fraction of sp³-hybridized carbons (Fsp3) is 0.300. The van der Waals surface area contributed by atoms with Crippen LogP contribution in [0, 0.1) is 6.92 Å². The van der Waals surface area contributed by atoms with Crippen molar-refractivity contribution in [2.45, 2.75) is 32.2 Å². The van der Waals surface area contributed by atoms with E-state index in [1.165, 1.54) is 6.20 Å². The number of fused-ring (bicyclic) bond motifs is 1. The molecule has 1 aromatic carbocycles. The van der Waals surface area contributed by atoms with Crippen LogP contribution in [0.4, 0.5) is 0 Å². The Hall–Kier alpha value is -3.22. The lowest BCUT2D eigenvalue weighted by molar-refractivity contribution is 0.0927. The molecule has 0 bridgehead atoms. The van der Waals surface area contributed by atoms with Crippen LogP contribution in [0.15, 0.2) is 42.9 Å². The van der Waals surface area contributed by atoms with Crippen molar-refractivity contribution in [2.24, 2.45) is 0 Å². The van der Waals surface area contributed by atoms with Crippen molar-refractivity contribution < 1.29 is 9.53 Å². The van der Waals surface area contributed by atoms with Gasteiger partial charge in [-0.05, 0) is 50.5 Å². The SMILES string of the molecule is COc1ccc(-n2ncc3c2CCCC3NC(=O)c2cnc(C)cn2)cc1. The molecule has 1 amide bonds. The zero-order valence-corrected chi connectivity index (χ0v) is 15.3. The summed E-state index contributed by atoms with van der Waals surface area (Å²) in [6, 6.07) is 7.73. The molecule has 0 radical (unpaired) electrons. The molecule has 4 rings (SSSR count). The largest absolute Gasteiger partial charge is 0.497 e. The predicted octanol–water partition coefficient (Wildman–Crippen LogP) is 2.79. The average Bonchev–Trinajstić information content (AvgIpc) is 3.14. The van der Waals surface area contributed by atoms with Gasteiger partial charge in [-0.15, -0.1) is 0 Å². The summed E-state index contributed by atoms with van der Waals surface area (Å²) in [7, 11) is 1.65. The van der Waals surface area contributed by atoms with Gasteiger partial charge in [0.2, 0.25) is 0 Å². The Bertz CT molecular complexity index is 948. The standard InChI is InChI=1S/C20H21N5O2/c1-13-10-22-18(12-21-13)20(26)24-17-4-3-5-19-16(17)11-23-25(19)14-6-8-15(27-2)9-7-14/h6-12,17H,3-5H2,1-2H3,(H,24,26). The highest BCUT2D eigenvalue weighted by Gasteiger charge is 2.26. The van der Waals surface area contributed by atoms with Crippen molar-refractivity contribution in [3.05, 3.63) is 65.5 Å². The van der Waals surface area contributed by atoms with Gasteiger partial charge in [0.25, 0.3) is 5.91 Å². The Balaban J connectivity index is 1.57. The van der Waals surface area contributed by atoms with Gasteiger partial charge in [-0.1, -0.05) is 0 Å². The van der Waals surface area contributed by atoms with Gasteiger partial charge in [-0.2, -0.15) is 5.10 Å². The third-order valence-corrected chi connectivity index (χ3v) is 4.82. The van der Waals surface area contributed by atoms with E-state index in [1.54, 1.807) is 13.3 Å². The first kappa shape index (κ1) is 17.2. The number of nitrogens with zero attached hydrogens (tertiary/aromatic N) is 4. The molecule has 1 unspecified atom stereocenters. The Labute approximate surface area is 157 Å². The highest BCUT2D eigenvalue weighted by Crippen LogP contribution is 2.31. The summed E-state index contributed by atoms with van der Waals surface area (Å²) in [6.45, 7) is 1.84. The second-order valence-electron chi connectivity index (χ2n) is 6.62. The van der Waals surface area contributed by atoms with E-state index in [1.807, 2.05) is 42.1 Å². The molecule has 2 heterocycles. The van der Waals surface area contributed by atoms with E-state index in [-0.39, 0.29) is 11.9 Å². The number of aromatic nitrogens is 4. The molecule has 0 aliphatic heterocycles. The van der Waals surface area contributed by atoms with Gasteiger partial charge < -0.3 is 10.1 Å². The monoisotopic (exact) mass is 363 g/mol. The normalized spacial score (nSPS) is 15.9. The summed E-state index contributed by atoms with van der Waals surface area (Å²) < 4.78 is 7.16. The Morgan fingerprint density at radius 2 is 2.00 bits per heavy atom. The molecule has 0 saturated carbocycles. The lowest BCUT2D eigenvalue weighted by atomic mass is 9.92. The first-order valence-corrected chi connectivity index (χ1v) is 8.96. The van der Waals surface area contributed by atoms with Gasteiger partial charge in [-0.3, -0.25) is 9.78 Å². The lowest BCUT2D eigenvalue weighted by Gasteiger charge is -2.24. The molecule has 1 N–H and O–H groups in total. The maximum absolute atomic E-state index is 12.5. The number of rotatable bonds is 4. The number of nitrogens with one attached hydrogen (secondary N) is 1. The van der Waals surface area contributed by atoms with Crippen LogP contribution in [0.1, 0.15) is 46.3 Å². The quantitative estimate of drug-likeness (QED) is 0.771. The zero-order valence-electron chi connectivity index (χ0n) is 15.3. The zero-order chi connectivity index (χ0) is 18.8. The number of hydrogen-bond acceptors (Lipinski definition) is 5. The van der Waals surface area contributed by atoms with E-state index >= 15 is 0 Å². The number of amides is 1. The van der Waals surface area contributed by atoms with Crippen LogP contribution in [-0.4, -0.2) is 32.8 Å². The predicted molar refractivity (Wildman–Crippen MR) is 100 cm³/mol. The summed E-state index contributed by atoms with van der Waals surface area (Å²) in [5.74, 6) is 0.599. The van der Waals surface area contributed by atoms with Crippen molar-refractivity contribution in [1.82, 2.24) is 25.1 Å². The van der Waals surface area contributed by atoms with Crippen LogP contribution in [-0.2, 0) is 6.42 Å². The van der Waals surface area contributed by atoms with E-state index in [0.29, 0.717) is 5.69 Å². The van der Waals surface area contributed by atoms with Crippen LogP contribution < -0.4 is 10.1 Å².